The second kappa shape index (κ2) is 14.3. The number of aromatic nitrogens is 3. The van der Waals surface area contributed by atoms with Gasteiger partial charge in [0.25, 0.3) is 0 Å². The second-order valence-corrected chi connectivity index (χ2v) is 17.8. The molecule has 0 fully saturated rings. The van der Waals surface area contributed by atoms with Crippen molar-refractivity contribution in [3.05, 3.63) is 230 Å². The molecule has 4 heteroatoms. The van der Waals surface area contributed by atoms with Gasteiger partial charge >= 0.3 is 0 Å². The molecule has 0 spiro atoms. The molecule has 0 aliphatic carbocycles. The van der Waals surface area contributed by atoms with E-state index in [9.17, 15) is 0 Å². The van der Waals surface area contributed by atoms with Crippen LogP contribution in [0.1, 0.15) is 25.0 Å². The number of rotatable bonds is 5. The number of para-hydroxylation sites is 3. The monoisotopic (exact) mass is 830 g/mol. The number of hydrogen-bond acceptors (Lipinski definition) is 3. The van der Waals surface area contributed by atoms with Gasteiger partial charge in [-0.15, -0.1) is 0 Å². The third-order valence-corrected chi connectivity index (χ3v) is 13.7. The van der Waals surface area contributed by atoms with Crippen LogP contribution in [0.4, 0.5) is 17.1 Å². The van der Waals surface area contributed by atoms with E-state index in [1.165, 1.54) is 65.9 Å². The fraction of sp³-hybridized carbons (Fsp3) is 0.0492. The molecule has 0 atom stereocenters. The van der Waals surface area contributed by atoms with Gasteiger partial charge in [0, 0.05) is 44.1 Å². The number of benzene rings is 10. The van der Waals surface area contributed by atoms with Gasteiger partial charge < -0.3 is 9.47 Å². The molecule has 12 aromatic rings. The summed E-state index contributed by atoms with van der Waals surface area (Å²) in [6, 6.07) is 79.1. The molecule has 306 valence electrons. The molecule has 65 heavy (non-hydrogen) atoms. The first-order valence-electron chi connectivity index (χ1n) is 22.4. The van der Waals surface area contributed by atoms with E-state index in [2.05, 4.69) is 242 Å². The lowest BCUT2D eigenvalue weighted by atomic mass is 9.73. The highest BCUT2D eigenvalue weighted by atomic mass is 15.2. The normalized spacial score (nSPS) is 13.2. The summed E-state index contributed by atoms with van der Waals surface area (Å²) in [6.07, 6.45) is 0. The topological polar surface area (TPSA) is 34.0 Å². The Morgan fingerprint density at radius 1 is 0.400 bits per heavy atom. The van der Waals surface area contributed by atoms with E-state index in [0.717, 1.165) is 50.1 Å². The van der Waals surface area contributed by atoms with E-state index in [4.69, 9.17) is 9.97 Å². The lowest BCUT2D eigenvalue weighted by Crippen LogP contribution is -2.30. The van der Waals surface area contributed by atoms with E-state index in [1.807, 2.05) is 0 Å². The van der Waals surface area contributed by atoms with E-state index < -0.39 is 0 Å². The van der Waals surface area contributed by atoms with Crippen molar-refractivity contribution >= 4 is 71.3 Å². The lowest BCUT2D eigenvalue weighted by Gasteiger charge is -2.42. The Balaban J connectivity index is 0.993. The third kappa shape index (κ3) is 5.77. The lowest BCUT2D eigenvalue weighted by molar-refractivity contribution is 0.632. The molecule has 0 bridgehead atoms. The maximum Gasteiger partial charge on any atom is 0.160 e. The smallest absolute Gasteiger partial charge is 0.160 e. The van der Waals surface area contributed by atoms with Crippen molar-refractivity contribution in [3.8, 4) is 39.5 Å². The summed E-state index contributed by atoms with van der Waals surface area (Å²) >= 11 is 0. The molecular weight excluding hydrogens is 789 g/mol. The zero-order valence-electron chi connectivity index (χ0n) is 36.1. The van der Waals surface area contributed by atoms with E-state index in [0.29, 0.717) is 5.82 Å². The van der Waals surface area contributed by atoms with Crippen LogP contribution in [0.2, 0.25) is 0 Å². The number of anilines is 3. The SMILES string of the molecule is CC1(C)c2ccccc2N(c2ccccc2)c2cc(-c3ccc4c(c3)c3c5ccccc5ccc3n4-c3cccc(-c4nc(-c5cccc6ccccc56)c5ccccc5n4)c3)ccc21. The summed E-state index contributed by atoms with van der Waals surface area (Å²) < 4.78 is 2.42. The Kier molecular flexibility index (Phi) is 8.22. The van der Waals surface area contributed by atoms with Crippen molar-refractivity contribution in [3.63, 3.8) is 0 Å². The Labute approximate surface area is 377 Å². The number of hydrogen-bond donors (Lipinski definition) is 0. The summed E-state index contributed by atoms with van der Waals surface area (Å²) in [5.74, 6) is 0.699. The molecule has 0 radical (unpaired) electrons. The van der Waals surface area contributed by atoms with Crippen molar-refractivity contribution in [1.82, 2.24) is 14.5 Å². The van der Waals surface area contributed by atoms with Crippen LogP contribution in [0.3, 0.4) is 0 Å². The molecule has 0 saturated carbocycles. The molecule has 13 rings (SSSR count). The average Bonchev–Trinajstić information content (AvgIpc) is 3.70. The molecule has 10 aromatic carbocycles. The van der Waals surface area contributed by atoms with Crippen LogP contribution >= 0.6 is 0 Å². The highest BCUT2D eigenvalue weighted by Gasteiger charge is 2.37. The first-order valence-corrected chi connectivity index (χ1v) is 22.4. The first kappa shape index (κ1) is 37.2. The minimum absolute atomic E-state index is 0.171. The molecule has 4 nitrogen and oxygen atoms in total. The largest absolute Gasteiger partial charge is 0.310 e. The summed E-state index contributed by atoms with van der Waals surface area (Å²) in [7, 11) is 0. The van der Waals surface area contributed by atoms with Crippen LogP contribution in [0.5, 0.6) is 0 Å². The van der Waals surface area contributed by atoms with Crippen molar-refractivity contribution in [2.24, 2.45) is 0 Å². The summed E-state index contributed by atoms with van der Waals surface area (Å²) in [5, 5.41) is 8.31. The zero-order chi connectivity index (χ0) is 43.2. The van der Waals surface area contributed by atoms with Crippen LogP contribution in [0.15, 0.2) is 218 Å². The Morgan fingerprint density at radius 3 is 1.92 bits per heavy atom. The van der Waals surface area contributed by atoms with Crippen molar-refractivity contribution in [1.29, 1.82) is 0 Å². The maximum atomic E-state index is 5.38. The van der Waals surface area contributed by atoms with Gasteiger partial charge in [0.05, 0.1) is 33.6 Å². The number of nitrogens with zero attached hydrogens (tertiary/aromatic N) is 4. The summed E-state index contributed by atoms with van der Waals surface area (Å²) in [4.78, 5) is 13.0. The molecule has 1 aliphatic heterocycles. The molecule has 0 amide bonds. The average molecular weight is 831 g/mol. The van der Waals surface area contributed by atoms with Crippen LogP contribution in [-0.2, 0) is 5.41 Å². The van der Waals surface area contributed by atoms with Gasteiger partial charge in [-0.05, 0) is 104 Å². The van der Waals surface area contributed by atoms with Gasteiger partial charge in [-0.3, -0.25) is 0 Å². The molecule has 1 aliphatic rings. The van der Waals surface area contributed by atoms with Gasteiger partial charge in [-0.1, -0.05) is 172 Å². The standard InChI is InChI=1S/C61H42N4/c1-61(2)51-27-11-13-29-55(51)64(44-20-4-3-5-21-44)57-38-42(30-33-52(57)61)41-32-34-54-50(37-41)58-47-24-9-7-17-40(47)31-35-56(58)65(54)45-22-14-19-43(36-45)60-62-53-28-12-10-25-49(53)59(63-60)48-26-15-18-39-16-6-8-23-46(39)48/h3-38H,1-2H3. The molecule has 0 N–H and O–H groups in total. The molecule has 3 heterocycles. The van der Waals surface area contributed by atoms with E-state index in [-0.39, 0.29) is 5.41 Å². The predicted molar refractivity (Wildman–Crippen MR) is 272 cm³/mol. The number of fused-ring (bicyclic) bond motifs is 9. The van der Waals surface area contributed by atoms with Crippen molar-refractivity contribution in [2.75, 3.05) is 4.90 Å². The van der Waals surface area contributed by atoms with Gasteiger partial charge in [-0.25, -0.2) is 9.97 Å². The first-order chi connectivity index (χ1) is 32.0. The van der Waals surface area contributed by atoms with Crippen LogP contribution < -0.4 is 4.90 Å². The zero-order valence-corrected chi connectivity index (χ0v) is 36.1. The van der Waals surface area contributed by atoms with E-state index in [1.54, 1.807) is 0 Å². The van der Waals surface area contributed by atoms with Gasteiger partial charge in [-0.2, -0.15) is 0 Å². The Hall–Kier alpha value is -8.34. The van der Waals surface area contributed by atoms with Crippen molar-refractivity contribution in [2.45, 2.75) is 19.3 Å². The quantitative estimate of drug-likeness (QED) is 0.173. The van der Waals surface area contributed by atoms with Gasteiger partial charge in [0.15, 0.2) is 5.82 Å². The third-order valence-electron chi connectivity index (χ3n) is 13.7. The Bertz CT molecular complexity index is 3870. The minimum atomic E-state index is -0.171. The highest BCUT2D eigenvalue weighted by Crippen LogP contribution is 2.53. The molecule has 2 aromatic heterocycles. The molecule has 0 unspecified atom stereocenters. The molecule has 0 saturated heterocycles. The minimum Gasteiger partial charge on any atom is -0.310 e. The van der Waals surface area contributed by atoms with Crippen LogP contribution in [0.25, 0.3) is 93.7 Å². The summed E-state index contributed by atoms with van der Waals surface area (Å²) in [5.41, 5.74) is 15.7. The van der Waals surface area contributed by atoms with Crippen LogP contribution in [0, 0.1) is 0 Å². The highest BCUT2D eigenvalue weighted by molar-refractivity contribution is 6.22. The van der Waals surface area contributed by atoms with Crippen LogP contribution in [-0.4, -0.2) is 14.5 Å². The fourth-order valence-corrected chi connectivity index (χ4v) is 10.6. The second-order valence-electron chi connectivity index (χ2n) is 17.8. The summed E-state index contributed by atoms with van der Waals surface area (Å²) in [6.45, 7) is 4.70. The maximum absolute atomic E-state index is 5.38. The fourth-order valence-electron chi connectivity index (χ4n) is 10.6. The predicted octanol–water partition coefficient (Wildman–Crippen LogP) is 16.1. The van der Waals surface area contributed by atoms with Crippen molar-refractivity contribution < 1.29 is 0 Å². The Morgan fingerprint density at radius 2 is 1.05 bits per heavy atom. The van der Waals surface area contributed by atoms with E-state index >= 15 is 0 Å². The van der Waals surface area contributed by atoms with Gasteiger partial charge in [0.1, 0.15) is 0 Å². The molecular formula is C61H42N4. The van der Waals surface area contributed by atoms with Gasteiger partial charge in [0.2, 0.25) is 0 Å².